The van der Waals surface area contributed by atoms with Crippen LogP contribution in [-0.2, 0) is 29.0 Å². The Morgan fingerprint density at radius 3 is 2.37 bits per heavy atom. The van der Waals surface area contributed by atoms with Crippen molar-refractivity contribution in [3.05, 3.63) is 70.4 Å². The van der Waals surface area contributed by atoms with Gasteiger partial charge in [0.2, 0.25) is 17.7 Å². The number of hydrogen-bond acceptors (Lipinski definition) is 7. The van der Waals surface area contributed by atoms with E-state index in [0.717, 1.165) is 18.9 Å². The van der Waals surface area contributed by atoms with Gasteiger partial charge in [-0.3, -0.25) is 9.59 Å². The zero-order valence-corrected chi connectivity index (χ0v) is 25.8. The lowest BCUT2D eigenvalue weighted by Gasteiger charge is -2.42. The Hall–Kier alpha value is -3.44. The number of hydrogen-bond donors (Lipinski definition) is 3. The molecular formula is C32H45F2N5O4. The molecule has 1 aliphatic rings. The van der Waals surface area contributed by atoms with Gasteiger partial charge in [-0.15, -0.1) is 0 Å². The van der Waals surface area contributed by atoms with Gasteiger partial charge in [0.15, 0.2) is 5.82 Å². The first kappa shape index (κ1) is 34.1. The highest BCUT2D eigenvalue weighted by Crippen LogP contribution is 2.44. The number of primary amides is 1. The van der Waals surface area contributed by atoms with E-state index in [2.05, 4.69) is 15.5 Å². The molecule has 43 heavy (non-hydrogen) atoms. The molecule has 1 heterocycles. The van der Waals surface area contributed by atoms with Crippen LogP contribution in [0.25, 0.3) is 0 Å². The summed E-state index contributed by atoms with van der Waals surface area (Å²) < 4.78 is 33.7. The predicted molar refractivity (Wildman–Crippen MR) is 159 cm³/mol. The number of aliphatic hydroxyl groups excluding tert-OH is 1. The van der Waals surface area contributed by atoms with Crippen LogP contribution in [0.2, 0.25) is 0 Å². The van der Waals surface area contributed by atoms with Crippen LogP contribution in [0.3, 0.4) is 0 Å². The van der Waals surface area contributed by atoms with Crippen molar-refractivity contribution < 1.29 is 28.0 Å². The summed E-state index contributed by atoms with van der Waals surface area (Å²) in [5.41, 5.74) is 5.87. The summed E-state index contributed by atoms with van der Waals surface area (Å²) in [7, 11) is 0. The van der Waals surface area contributed by atoms with Gasteiger partial charge in [0, 0.05) is 43.6 Å². The number of aromatic nitrogens is 2. The summed E-state index contributed by atoms with van der Waals surface area (Å²) in [6.45, 7) is 11.1. The van der Waals surface area contributed by atoms with Gasteiger partial charge in [0.25, 0.3) is 0 Å². The third-order valence-electron chi connectivity index (χ3n) is 7.61. The van der Waals surface area contributed by atoms with Gasteiger partial charge in [-0.2, -0.15) is 4.98 Å². The number of nitrogens with zero attached hydrogens (tertiary/aromatic N) is 3. The highest BCUT2D eigenvalue weighted by atomic mass is 19.1. The second-order valence-corrected chi connectivity index (χ2v) is 11.9. The molecule has 0 spiro atoms. The van der Waals surface area contributed by atoms with E-state index in [1.807, 2.05) is 27.7 Å². The molecule has 0 radical (unpaired) electrons. The fraction of sp³-hybridized carbons (Fsp3) is 0.562. The summed E-state index contributed by atoms with van der Waals surface area (Å²) in [5.74, 6) is -2.14. The van der Waals surface area contributed by atoms with Crippen LogP contribution in [0.5, 0.6) is 0 Å². The lowest BCUT2D eigenvalue weighted by Crippen LogP contribution is -2.51. The lowest BCUT2D eigenvalue weighted by atomic mass is 9.63. The molecule has 1 aromatic heterocycles. The number of benzene rings is 1. The number of carbonyl (C=O) groups is 2. The summed E-state index contributed by atoms with van der Waals surface area (Å²) in [5, 5.41) is 18.7. The zero-order valence-electron chi connectivity index (χ0n) is 25.8. The first-order valence-corrected chi connectivity index (χ1v) is 15.0. The minimum atomic E-state index is -1.51. The Bertz CT molecular complexity index is 1300. The second kappa shape index (κ2) is 15.3. The van der Waals surface area contributed by atoms with E-state index in [0.29, 0.717) is 48.3 Å². The molecule has 4 N–H and O–H groups in total. The molecule has 0 fully saturated rings. The van der Waals surface area contributed by atoms with Gasteiger partial charge in [-0.1, -0.05) is 50.6 Å². The molecule has 1 aliphatic carbocycles. The van der Waals surface area contributed by atoms with Gasteiger partial charge >= 0.3 is 0 Å². The van der Waals surface area contributed by atoms with Crippen molar-refractivity contribution in [1.29, 1.82) is 0 Å². The normalized spacial score (nSPS) is 18.3. The van der Waals surface area contributed by atoms with Crippen molar-refractivity contribution in [2.24, 2.45) is 23.0 Å². The van der Waals surface area contributed by atoms with Crippen LogP contribution in [0.4, 0.5) is 8.78 Å². The molecule has 1 aromatic carbocycles. The van der Waals surface area contributed by atoms with E-state index in [9.17, 15) is 23.5 Å². The number of nitrogens with one attached hydrogen (secondary N) is 1. The summed E-state index contributed by atoms with van der Waals surface area (Å²) in [4.78, 5) is 33.1. The maximum absolute atomic E-state index is 14.2. The molecule has 9 nitrogen and oxygen atoms in total. The van der Waals surface area contributed by atoms with Gasteiger partial charge in [0.05, 0.1) is 18.1 Å². The first-order valence-electron chi connectivity index (χ1n) is 15.0. The molecule has 0 saturated heterocycles. The fourth-order valence-corrected chi connectivity index (χ4v) is 5.84. The van der Waals surface area contributed by atoms with Crippen molar-refractivity contribution >= 4 is 11.8 Å². The number of rotatable bonds is 16. The SMILES string of the molecule is CCCN(CCC)C(=O)C1=CC(C)=CC(C(N)=O)([C@H](Cc2cc(F)cc(F)c2)[C@@H](O)CNCc2nc(CC(C)C)no2)C1. The van der Waals surface area contributed by atoms with Gasteiger partial charge in [0.1, 0.15) is 11.6 Å². The monoisotopic (exact) mass is 601 g/mol. The van der Waals surface area contributed by atoms with E-state index < -0.39 is 35.0 Å². The van der Waals surface area contributed by atoms with Crippen LogP contribution in [0, 0.1) is 28.9 Å². The molecule has 11 heteroatoms. The molecular weight excluding hydrogens is 556 g/mol. The van der Waals surface area contributed by atoms with Crippen molar-refractivity contribution in [2.75, 3.05) is 19.6 Å². The maximum atomic E-state index is 14.2. The number of amides is 2. The third kappa shape index (κ3) is 9.03. The minimum absolute atomic E-state index is 0.0168. The Kier molecular flexibility index (Phi) is 12.1. The Morgan fingerprint density at radius 2 is 1.79 bits per heavy atom. The van der Waals surface area contributed by atoms with E-state index in [4.69, 9.17) is 10.3 Å². The smallest absolute Gasteiger partial charge is 0.249 e. The molecule has 0 saturated carbocycles. The number of aliphatic hydroxyl groups is 1. The van der Waals surface area contributed by atoms with E-state index in [1.54, 1.807) is 24.0 Å². The van der Waals surface area contributed by atoms with Gasteiger partial charge in [-0.05, 0) is 56.2 Å². The number of halogens is 2. The largest absolute Gasteiger partial charge is 0.391 e. The molecule has 2 aromatic rings. The van der Waals surface area contributed by atoms with E-state index in [1.165, 1.54) is 12.1 Å². The van der Waals surface area contributed by atoms with Crippen molar-refractivity contribution in [3.63, 3.8) is 0 Å². The van der Waals surface area contributed by atoms with Crippen molar-refractivity contribution in [1.82, 2.24) is 20.4 Å². The van der Waals surface area contributed by atoms with Crippen LogP contribution in [-0.4, -0.2) is 57.7 Å². The average molecular weight is 602 g/mol. The molecule has 3 atom stereocenters. The van der Waals surface area contributed by atoms with Crippen LogP contribution in [0.15, 0.2) is 46.0 Å². The van der Waals surface area contributed by atoms with E-state index >= 15 is 0 Å². The first-order chi connectivity index (χ1) is 20.4. The highest BCUT2D eigenvalue weighted by molar-refractivity contribution is 5.96. The van der Waals surface area contributed by atoms with Crippen molar-refractivity contribution in [2.45, 2.75) is 79.4 Å². The summed E-state index contributed by atoms with van der Waals surface area (Å²) >= 11 is 0. The Balaban J connectivity index is 1.94. The van der Waals surface area contributed by atoms with Crippen molar-refractivity contribution in [3.8, 4) is 0 Å². The lowest BCUT2D eigenvalue weighted by molar-refractivity contribution is -0.132. The molecule has 1 unspecified atom stereocenters. The zero-order chi connectivity index (χ0) is 31.7. The molecule has 0 bridgehead atoms. The Morgan fingerprint density at radius 1 is 1.14 bits per heavy atom. The average Bonchev–Trinajstić information content (AvgIpc) is 3.36. The summed E-state index contributed by atoms with van der Waals surface area (Å²) in [6, 6.07) is 3.11. The molecule has 236 valence electrons. The number of carbonyl (C=O) groups excluding carboxylic acids is 2. The molecule has 3 rings (SSSR count). The Labute approximate surface area is 252 Å². The van der Waals surface area contributed by atoms with Gasteiger partial charge in [-0.25, -0.2) is 8.78 Å². The number of nitrogens with two attached hydrogens (primary N) is 1. The maximum Gasteiger partial charge on any atom is 0.249 e. The van der Waals surface area contributed by atoms with Crippen LogP contribution < -0.4 is 11.1 Å². The third-order valence-corrected chi connectivity index (χ3v) is 7.61. The standard InChI is InChI=1S/C32H45F2N5O4/c1-6-8-39(9-7-2)30(41)23-11-21(5)16-32(17-23,31(35)42)26(14-22-12-24(33)15-25(34)13-22)27(40)18-36-19-29-37-28(38-43-29)10-20(3)4/h11-13,15-16,20,26-27,36,40H,6-10,14,17-19H2,1-5H3,(H2,35,42)/t26-,27+,32?/m1/s1. The number of allylic oxidation sites excluding steroid dienone is 2. The molecule has 2 amide bonds. The van der Waals surface area contributed by atoms with E-state index in [-0.39, 0.29) is 37.4 Å². The predicted octanol–water partition coefficient (Wildman–Crippen LogP) is 4.25. The quantitative estimate of drug-likeness (QED) is 0.262. The van der Waals surface area contributed by atoms with Crippen LogP contribution >= 0.6 is 0 Å². The summed E-state index contributed by atoms with van der Waals surface area (Å²) in [6.07, 6.45) is 4.29. The topological polar surface area (TPSA) is 135 Å². The van der Waals surface area contributed by atoms with Crippen LogP contribution in [0.1, 0.15) is 71.2 Å². The van der Waals surface area contributed by atoms with Gasteiger partial charge < -0.3 is 25.6 Å². The highest BCUT2D eigenvalue weighted by Gasteiger charge is 2.48. The second-order valence-electron chi connectivity index (χ2n) is 11.9. The minimum Gasteiger partial charge on any atom is -0.391 e. The fourth-order valence-electron chi connectivity index (χ4n) is 5.84. The molecule has 0 aliphatic heterocycles.